The number of nitrogens with one attached hydrogen (secondary N) is 2. The molecule has 0 aliphatic carbocycles. The molecule has 10 heteroatoms. The lowest BCUT2D eigenvalue weighted by Crippen LogP contribution is -2.28. The van der Waals surface area contributed by atoms with E-state index in [1.54, 1.807) is 35.0 Å². The highest BCUT2D eigenvalue weighted by molar-refractivity contribution is 7.91. The minimum Gasteiger partial charge on any atom is -0.496 e. The molecule has 32 heavy (non-hydrogen) atoms. The molecule has 2 heterocycles. The smallest absolute Gasteiger partial charge is 0.255 e. The molecule has 2 aromatic rings. The first-order chi connectivity index (χ1) is 15.0. The van der Waals surface area contributed by atoms with Crippen molar-refractivity contribution in [1.29, 1.82) is 0 Å². The van der Waals surface area contributed by atoms with Crippen molar-refractivity contribution < 1.29 is 22.7 Å². The van der Waals surface area contributed by atoms with E-state index in [2.05, 4.69) is 15.7 Å². The second-order valence-corrected chi connectivity index (χ2v) is 11.1. The maximum atomic E-state index is 12.6. The number of carbonyl (C=O) groups is 2. The summed E-state index contributed by atoms with van der Waals surface area (Å²) in [6.07, 6.45) is 0.519. The Hall–Kier alpha value is -2.88. The Bertz CT molecular complexity index is 1100. The molecule has 1 aliphatic heterocycles. The first-order valence-electron chi connectivity index (χ1n) is 10.5. The Labute approximate surface area is 188 Å². The summed E-state index contributed by atoms with van der Waals surface area (Å²) in [4.78, 5) is 24.9. The van der Waals surface area contributed by atoms with E-state index < -0.39 is 9.84 Å². The van der Waals surface area contributed by atoms with Gasteiger partial charge in [-0.25, -0.2) is 13.1 Å². The number of amides is 2. The number of hydrogen-bond donors (Lipinski definition) is 2. The van der Waals surface area contributed by atoms with Gasteiger partial charge in [0.15, 0.2) is 9.84 Å². The van der Waals surface area contributed by atoms with Crippen molar-refractivity contribution in [1.82, 2.24) is 15.1 Å². The lowest BCUT2D eigenvalue weighted by molar-refractivity contribution is -0.116. The molecular weight excluding hydrogens is 432 g/mol. The number of aromatic nitrogens is 2. The number of hydrogen-bond acceptors (Lipinski definition) is 6. The number of benzene rings is 1. The van der Waals surface area contributed by atoms with Crippen LogP contribution in [0.2, 0.25) is 0 Å². The van der Waals surface area contributed by atoms with Crippen molar-refractivity contribution in [3.8, 4) is 5.75 Å². The molecule has 0 bridgehead atoms. The van der Waals surface area contributed by atoms with Gasteiger partial charge in [-0.05, 0) is 18.6 Å². The standard InChI is InChI=1S/C22H30N4O5S/c1-22(2,3)18-13-19(26(25-18)15-10-12-32(29,30)14-15)24-20(27)9-11-23-21(28)16-7-5-6-8-17(16)31-4/h5-8,13,15H,9-12,14H2,1-4H3,(H,23,28)(H,24,27)/t15-/m1/s1. The van der Waals surface area contributed by atoms with Crippen LogP contribution in [0.4, 0.5) is 5.82 Å². The number of ether oxygens (including phenoxy) is 1. The van der Waals surface area contributed by atoms with Crippen LogP contribution < -0.4 is 15.4 Å². The maximum absolute atomic E-state index is 12.6. The molecule has 1 saturated heterocycles. The topological polar surface area (TPSA) is 119 Å². The molecule has 1 aromatic carbocycles. The second kappa shape index (κ2) is 9.32. The van der Waals surface area contributed by atoms with E-state index in [0.29, 0.717) is 23.6 Å². The van der Waals surface area contributed by atoms with Gasteiger partial charge in [-0.2, -0.15) is 5.10 Å². The molecule has 1 atom stereocenters. The van der Waals surface area contributed by atoms with E-state index in [4.69, 9.17) is 4.74 Å². The summed E-state index contributed by atoms with van der Waals surface area (Å²) in [5.41, 5.74) is 0.901. The fourth-order valence-corrected chi connectivity index (χ4v) is 5.22. The van der Waals surface area contributed by atoms with Gasteiger partial charge >= 0.3 is 0 Å². The van der Waals surface area contributed by atoms with Crippen LogP contribution >= 0.6 is 0 Å². The first kappa shape index (κ1) is 23.8. The van der Waals surface area contributed by atoms with Crippen LogP contribution in [0.25, 0.3) is 0 Å². The molecule has 174 valence electrons. The third-order valence-corrected chi connectivity index (χ3v) is 7.07. The summed E-state index contributed by atoms with van der Waals surface area (Å²) in [6, 6.07) is 8.33. The zero-order chi connectivity index (χ0) is 23.5. The Morgan fingerprint density at radius 3 is 2.59 bits per heavy atom. The molecule has 2 amide bonds. The Kier molecular flexibility index (Phi) is 6.92. The molecule has 0 radical (unpaired) electrons. The van der Waals surface area contributed by atoms with Crippen molar-refractivity contribution in [3.05, 3.63) is 41.6 Å². The molecule has 0 saturated carbocycles. The van der Waals surface area contributed by atoms with E-state index in [-0.39, 0.29) is 47.7 Å². The number of anilines is 1. The fourth-order valence-electron chi connectivity index (χ4n) is 3.52. The van der Waals surface area contributed by atoms with Crippen molar-refractivity contribution >= 4 is 27.5 Å². The van der Waals surface area contributed by atoms with Gasteiger partial charge in [0.05, 0.1) is 35.9 Å². The van der Waals surface area contributed by atoms with Crippen LogP contribution in [0.15, 0.2) is 30.3 Å². The summed E-state index contributed by atoms with van der Waals surface area (Å²) in [5.74, 6) is 0.429. The third-order valence-electron chi connectivity index (χ3n) is 5.32. The zero-order valence-electron chi connectivity index (χ0n) is 18.8. The first-order valence-corrected chi connectivity index (χ1v) is 12.3. The molecule has 0 spiro atoms. The zero-order valence-corrected chi connectivity index (χ0v) is 19.7. The van der Waals surface area contributed by atoms with Crippen molar-refractivity contribution in [2.75, 3.05) is 30.5 Å². The average molecular weight is 463 g/mol. The summed E-state index contributed by atoms with van der Waals surface area (Å²) in [5, 5.41) is 10.2. The van der Waals surface area contributed by atoms with Gasteiger partial charge in [0.1, 0.15) is 11.6 Å². The summed E-state index contributed by atoms with van der Waals surface area (Å²) in [7, 11) is -1.61. The van der Waals surface area contributed by atoms with Crippen molar-refractivity contribution in [2.45, 2.75) is 45.1 Å². The molecular formula is C22H30N4O5S. The number of para-hydroxylation sites is 1. The molecule has 2 N–H and O–H groups in total. The van der Waals surface area contributed by atoms with Gasteiger partial charge in [-0.3, -0.25) is 9.59 Å². The highest BCUT2D eigenvalue weighted by Gasteiger charge is 2.32. The van der Waals surface area contributed by atoms with Crippen LogP contribution in [0.3, 0.4) is 0 Å². The predicted molar refractivity (Wildman–Crippen MR) is 122 cm³/mol. The Morgan fingerprint density at radius 2 is 1.97 bits per heavy atom. The molecule has 9 nitrogen and oxygen atoms in total. The predicted octanol–water partition coefficient (Wildman–Crippen LogP) is 2.31. The van der Waals surface area contributed by atoms with Crippen molar-refractivity contribution in [3.63, 3.8) is 0 Å². The molecule has 1 fully saturated rings. The van der Waals surface area contributed by atoms with E-state index in [9.17, 15) is 18.0 Å². The van der Waals surface area contributed by atoms with Gasteiger partial charge < -0.3 is 15.4 Å². The Balaban J connectivity index is 1.65. The fraction of sp³-hybridized carbons (Fsp3) is 0.500. The SMILES string of the molecule is COc1ccccc1C(=O)NCCC(=O)Nc1cc(C(C)(C)C)nn1[C@@H]1CCS(=O)(=O)C1. The molecule has 3 rings (SSSR count). The van der Waals surface area contributed by atoms with E-state index in [1.165, 1.54) is 7.11 Å². The largest absolute Gasteiger partial charge is 0.496 e. The Morgan fingerprint density at radius 1 is 1.25 bits per heavy atom. The van der Waals surface area contributed by atoms with Crippen LogP contribution in [-0.2, 0) is 20.0 Å². The van der Waals surface area contributed by atoms with E-state index in [0.717, 1.165) is 5.69 Å². The summed E-state index contributed by atoms with van der Waals surface area (Å²) >= 11 is 0. The van der Waals surface area contributed by atoms with Crippen LogP contribution in [-0.4, -0.2) is 55.2 Å². The molecule has 1 aliphatic rings. The highest BCUT2D eigenvalue weighted by Crippen LogP contribution is 2.31. The number of methoxy groups -OCH3 is 1. The van der Waals surface area contributed by atoms with E-state index in [1.807, 2.05) is 20.8 Å². The third kappa shape index (κ3) is 5.67. The van der Waals surface area contributed by atoms with Gasteiger partial charge in [-0.15, -0.1) is 0 Å². The van der Waals surface area contributed by atoms with Gasteiger partial charge in [-0.1, -0.05) is 32.9 Å². The quantitative estimate of drug-likeness (QED) is 0.652. The van der Waals surface area contributed by atoms with Crippen LogP contribution in [0, 0.1) is 0 Å². The van der Waals surface area contributed by atoms with Gasteiger partial charge in [0.2, 0.25) is 5.91 Å². The minimum atomic E-state index is -3.10. The minimum absolute atomic E-state index is 0.0100. The van der Waals surface area contributed by atoms with Crippen LogP contribution in [0.5, 0.6) is 5.75 Å². The molecule has 1 aromatic heterocycles. The normalized spacial score (nSPS) is 17.7. The average Bonchev–Trinajstić information content (AvgIpc) is 3.30. The van der Waals surface area contributed by atoms with Crippen molar-refractivity contribution in [2.24, 2.45) is 0 Å². The monoisotopic (exact) mass is 462 g/mol. The maximum Gasteiger partial charge on any atom is 0.255 e. The number of sulfone groups is 1. The number of carbonyl (C=O) groups excluding carboxylic acids is 2. The molecule has 0 unspecified atom stereocenters. The second-order valence-electron chi connectivity index (χ2n) is 8.92. The lowest BCUT2D eigenvalue weighted by Gasteiger charge is -2.15. The number of nitrogens with zero attached hydrogens (tertiary/aromatic N) is 2. The summed E-state index contributed by atoms with van der Waals surface area (Å²) in [6.45, 7) is 6.15. The number of rotatable bonds is 7. The van der Waals surface area contributed by atoms with E-state index >= 15 is 0 Å². The van der Waals surface area contributed by atoms with Gasteiger partial charge in [0, 0.05) is 24.4 Å². The summed E-state index contributed by atoms with van der Waals surface area (Å²) < 4.78 is 30.7. The highest BCUT2D eigenvalue weighted by atomic mass is 32.2. The lowest BCUT2D eigenvalue weighted by atomic mass is 9.92. The van der Waals surface area contributed by atoms with Gasteiger partial charge in [0.25, 0.3) is 5.91 Å². The van der Waals surface area contributed by atoms with Crippen LogP contribution in [0.1, 0.15) is 55.7 Å².